The van der Waals surface area contributed by atoms with Crippen molar-refractivity contribution in [2.24, 2.45) is 0 Å². The van der Waals surface area contributed by atoms with Crippen molar-refractivity contribution in [3.63, 3.8) is 0 Å². The van der Waals surface area contributed by atoms with Gasteiger partial charge in [0.1, 0.15) is 10.1 Å². The fraction of sp³-hybridized carbons (Fsp3) is 0. The van der Waals surface area contributed by atoms with Gasteiger partial charge >= 0.3 is 0 Å². The van der Waals surface area contributed by atoms with Gasteiger partial charge in [0.25, 0.3) is 0 Å². The summed E-state index contributed by atoms with van der Waals surface area (Å²) in [6.45, 7) is 0. The van der Waals surface area contributed by atoms with Crippen LogP contribution in [0.4, 0.5) is 0 Å². The zero-order valence-electron chi connectivity index (χ0n) is 7.82. The molecule has 0 unspecified atom stereocenters. The SMILES string of the molecule is Brc1ccc(Sc2ncc(Br)cc2Br)nc1. The molecule has 0 N–H and O–H groups in total. The van der Waals surface area contributed by atoms with Crippen molar-refractivity contribution in [1.82, 2.24) is 9.97 Å². The minimum atomic E-state index is 0.901. The van der Waals surface area contributed by atoms with Gasteiger partial charge in [0.05, 0.1) is 4.47 Å². The first-order chi connectivity index (χ1) is 7.65. The molecule has 82 valence electrons. The summed E-state index contributed by atoms with van der Waals surface area (Å²) < 4.78 is 2.88. The normalized spacial score (nSPS) is 10.4. The van der Waals surface area contributed by atoms with Gasteiger partial charge in [-0.1, -0.05) is 0 Å². The number of hydrogen-bond acceptors (Lipinski definition) is 3. The van der Waals surface area contributed by atoms with E-state index in [1.807, 2.05) is 18.2 Å². The van der Waals surface area contributed by atoms with Crippen molar-refractivity contribution in [3.05, 3.63) is 44.0 Å². The van der Waals surface area contributed by atoms with E-state index in [0.717, 1.165) is 23.5 Å². The lowest BCUT2D eigenvalue weighted by molar-refractivity contribution is 1.07. The quantitative estimate of drug-likeness (QED) is 0.684. The Labute approximate surface area is 123 Å². The molecule has 0 saturated heterocycles. The number of halogens is 3. The molecule has 0 bridgehead atoms. The van der Waals surface area contributed by atoms with E-state index in [0.29, 0.717) is 0 Å². The molecule has 0 aliphatic carbocycles. The average Bonchev–Trinajstić information content (AvgIpc) is 2.25. The molecule has 2 aromatic heterocycles. The molecule has 2 rings (SSSR count). The first-order valence-electron chi connectivity index (χ1n) is 4.25. The van der Waals surface area contributed by atoms with E-state index in [2.05, 4.69) is 57.8 Å². The van der Waals surface area contributed by atoms with Crippen LogP contribution in [0, 0.1) is 0 Å². The molecule has 0 spiro atoms. The third kappa shape index (κ3) is 3.29. The summed E-state index contributed by atoms with van der Waals surface area (Å²) in [7, 11) is 0. The molecule has 0 saturated carbocycles. The van der Waals surface area contributed by atoms with Crippen LogP contribution in [0.15, 0.2) is 54.1 Å². The van der Waals surface area contributed by atoms with Crippen LogP contribution < -0.4 is 0 Å². The first-order valence-corrected chi connectivity index (χ1v) is 7.45. The van der Waals surface area contributed by atoms with Gasteiger partial charge < -0.3 is 0 Å². The second-order valence-corrected chi connectivity index (χ2v) is 6.55. The Hall–Kier alpha value is 0.0900. The molecule has 2 heterocycles. The summed E-state index contributed by atoms with van der Waals surface area (Å²) in [5, 5.41) is 1.82. The minimum absolute atomic E-state index is 0.901. The number of nitrogens with zero attached hydrogens (tertiary/aromatic N) is 2. The Morgan fingerprint density at radius 3 is 2.31 bits per heavy atom. The molecular weight excluding hydrogens is 420 g/mol. The molecule has 6 heteroatoms. The number of rotatable bonds is 2. The van der Waals surface area contributed by atoms with Crippen molar-refractivity contribution in [2.75, 3.05) is 0 Å². The van der Waals surface area contributed by atoms with Crippen LogP contribution in [0.1, 0.15) is 0 Å². The van der Waals surface area contributed by atoms with E-state index >= 15 is 0 Å². The predicted octanol–water partition coefficient (Wildman–Crippen LogP) is 4.92. The summed E-state index contributed by atoms with van der Waals surface area (Å²) in [6.07, 6.45) is 3.54. The molecule has 0 amide bonds. The highest BCUT2D eigenvalue weighted by Crippen LogP contribution is 2.32. The highest BCUT2D eigenvalue weighted by atomic mass is 79.9. The van der Waals surface area contributed by atoms with Gasteiger partial charge in [-0.15, -0.1) is 0 Å². The Morgan fingerprint density at radius 1 is 0.938 bits per heavy atom. The van der Waals surface area contributed by atoms with Crippen LogP contribution in [-0.4, -0.2) is 9.97 Å². The summed E-state index contributed by atoms with van der Waals surface area (Å²) in [6, 6.07) is 5.88. The molecule has 2 aromatic rings. The summed E-state index contributed by atoms with van der Waals surface area (Å²) in [4.78, 5) is 8.59. The van der Waals surface area contributed by atoms with Crippen molar-refractivity contribution in [3.8, 4) is 0 Å². The topological polar surface area (TPSA) is 25.8 Å². The Morgan fingerprint density at radius 2 is 1.69 bits per heavy atom. The molecule has 0 fully saturated rings. The van der Waals surface area contributed by atoms with Gasteiger partial charge in [0.2, 0.25) is 0 Å². The minimum Gasteiger partial charge on any atom is -0.248 e. The number of hydrogen-bond donors (Lipinski definition) is 0. The standard InChI is InChI=1S/C10H5Br3N2S/c11-6-1-2-9(14-4-6)16-10-8(13)3-7(12)5-15-10/h1-5H. The lowest BCUT2D eigenvalue weighted by Crippen LogP contribution is -1.84. The van der Waals surface area contributed by atoms with Crippen LogP contribution in [-0.2, 0) is 0 Å². The second-order valence-electron chi connectivity index (χ2n) is 2.86. The van der Waals surface area contributed by atoms with Gasteiger partial charge in [-0.25, -0.2) is 9.97 Å². The van der Waals surface area contributed by atoms with Crippen LogP contribution in [0.2, 0.25) is 0 Å². The van der Waals surface area contributed by atoms with Crippen molar-refractivity contribution < 1.29 is 0 Å². The van der Waals surface area contributed by atoms with Crippen LogP contribution >= 0.6 is 59.6 Å². The van der Waals surface area contributed by atoms with E-state index in [4.69, 9.17) is 0 Å². The highest BCUT2D eigenvalue weighted by molar-refractivity contribution is 9.11. The third-order valence-electron chi connectivity index (χ3n) is 1.68. The maximum atomic E-state index is 4.31. The van der Waals surface area contributed by atoms with E-state index in [-0.39, 0.29) is 0 Å². The average molecular weight is 425 g/mol. The predicted molar refractivity (Wildman–Crippen MR) is 75.7 cm³/mol. The lowest BCUT2D eigenvalue weighted by atomic mass is 10.5. The maximum Gasteiger partial charge on any atom is 0.116 e. The third-order valence-corrected chi connectivity index (χ3v) is 4.41. The molecular formula is C10H5Br3N2S. The smallest absolute Gasteiger partial charge is 0.116 e. The van der Waals surface area contributed by atoms with Crippen molar-refractivity contribution >= 4 is 59.6 Å². The molecule has 0 aromatic carbocycles. The first kappa shape index (κ1) is 12.5. The van der Waals surface area contributed by atoms with Crippen LogP contribution in [0.5, 0.6) is 0 Å². The van der Waals surface area contributed by atoms with E-state index < -0.39 is 0 Å². The van der Waals surface area contributed by atoms with Gasteiger partial charge in [-0.2, -0.15) is 0 Å². The van der Waals surface area contributed by atoms with E-state index in [1.54, 1.807) is 12.4 Å². The van der Waals surface area contributed by atoms with Gasteiger partial charge in [-0.05, 0) is 77.8 Å². The summed E-state index contributed by atoms with van der Waals surface area (Å²) in [5.74, 6) is 0. The van der Waals surface area contributed by atoms with Gasteiger partial charge in [0, 0.05) is 21.3 Å². The Bertz CT molecular complexity index is 502. The van der Waals surface area contributed by atoms with Gasteiger partial charge in [-0.3, -0.25) is 0 Å². The fourth-order valence-electron chi connectivity index (χ4n) is 0.999. The molecule has 0 atom stereocenters. The maximum absolute atomic E-state index is 4.31. The van der Waals surface area contributed by atoms with Crippen LogP contribution in [0.25, 0.3) is 0 Å². The molecule has 0 aliphatic heterocycles. The molecule has 16 heavy (non-hydrogen) atoms. The van der Waals surface area contributed by atoms with Gasteiger partial charge in [0.15, 0.2) is 0 Å². The van der Waals surface area contributed by atoms with Crippen molar-refractivity contribution in [2.45, 2.75) is 10.1 Å². The van der Waals surface area contributed by atoms with E-state index in [1.165, 1.54) is 11.8 Å². The summed E-state index contributed by atoms with van der Waals surface area (Å²) >= 11 is 11.7. The number of pyridine rings is 2. The largest absolute Gasteiger partial charge is 0.248 e. The fourth-order valence-corrected chi connectivity index (χ4v) is 3.17. The Balaban J connectivity index is 2.23. The zero-order valence-corrected chi connectivity index (χ0v) is 13.4. The monoisotopic (exact) mass is 422 g/mol. The number of aromatic nitrogens is 2. The lowest BCUT2D eigenvalue weighted by Gasteiger charge is -2.02. The highest BCUT2D eigenvalue weighted by Gasteiger charge is 2.05. The molecule has 2 nitrogen and oxygen atoms in total. The summed E-state index contributed by atoms with van der Waals surface area (Å²) in [5.41, 5.74) is 0. The molecule has 0 radical (unpaired) electrons. The molecule has 0 aliphatic rings. The van der Waals surface area contributed by atoms with E-state index in [9.17, 15) is 0 Å². The zero-order chi connectivity index (χ0) is 11.5. The Kier molecular flexibility index (Phi) is 4.41. The van der Waals surface area contributed by atoms with Crippen molar-refractivity contribution in [1.29, 1.82) is 0 Å². The van der Waals surface area contributed by atoms with Crippen LogP contribution in [0.3, 0.4) is 0 Å². The second kappa shape index (κ2) is 5.62.